The van der Waals surface area contributed by atoms with E-state index in [1.807, 2.05) is 6.92 Å². The molecule has 0 rings (SSSR count). The van der Waals surface area contributed by atoms with Gasteiger partial charge in [0.2, 0.25) is 5.85 Å². The minimum atomic E-state index is -1.06. The molecule has 0 saturated carbocycles. The smallest absolute Gasteiger partial charge is 0.333 e. The van der Waals surface area contributed by atoms with Crippen LogP contribution in [0.4, 0.5) is 0 Å². The molecule has 2 nitrogen and oxygen atoms in total. The van der Waals surface area contributed by atoms with E-state index in [9.17, 15) is 4.79 Å². The summed E-state index contributed by atoms with van der Waals surface area (Å²) in [4.78, 5) is 10.7. The largest absolute Gasteiger partial charge is 0.425 e. The van der Waals surface area contributed by atoms with Gasteiger partial charge in [0.1, 0.15) is 0 Å². The monoisotopic (exact) mass is 175 g/mol. The Balaban J connectivity index is 3.97. The first-order valence-electron chi connectivity index (χ1n) is 3.52. The van der Waals surface area contributed by atoms with Gasteiger partial charge < -0.3 is 4.74 Å². The van der Waals surface area contributed by atoms with Gasteiger partial charge in [-0.05, 0) is 0 Å². The Morgan fingerprint density at radius 2 is 2.00 bits per heavy atom. The summed E-state index contributed by atoms with van der Waals surface area (Å²) in [5.74, 6) is -0.291. The predicted molar refractivity (Wildman–Crippen MR) is 50.4 cm³/mol. The average molecular weight is 175 g/mol. The van der Waals surface area contributed by atoms with E-state index in [1.165, 1.54) is 6.08 Å². The molecule has 0 aliphatic rings. The fourth-order valence-corrected chi connectivity index (χ4v) is 0.794. The van der Waals surface area contributed by atoms with Crippen LogP contribution in [0.3, 0.4) is 0 Å². The van der Waals surface area contributed by atoms with Crippen LogP contribution < -0.4 is 0 Å². The minimum Gasteiger partial charge on any atom is -0.425 e. The second-order valence-corrected chi connectivity index (χ2v) is 8.32. The Bertz CT molecular complexity index is 158. The van der Waals surface area contributed by atoms with Crippen molar-refractivity contribution in [2.24, 2.45) is 0 Å². The molecule has 3 heteroatoms. The molecular formula is C8H16O2P+. The molecule has 0 aromatic carbocycles. The highest BCUT2D eigenvalue weighted by atomic mass is 31.2. The van der Waals surface area contributed by atoms with Gasteiger partial charge in [0.15, 0.2) is 0 Å². The molecule has 64 valence electrons. The van der Waals surface area contributed by atoms with Crippen molar-refractivity contribution in [3.05, 3.63) is 12.7 Å². The van der Waals surface area contributed by atoms with Crippen LogP contribution in [0.25, 0.3) is 0 Å². The number of esters is 1. The lowest BCUT2D eigenvalue weighted by Crippen LogP contribution is -2.15. The quantitative estimate of drug-likeness (QED) is 0.372. The van der Waals surface area contributed by atoms with Gasteiger partial charge in [0.25, 0.3) is 0 Å². The number of carbonyl (C=O) groups excluding carboxylic acids is 1. The van der Waals surface area contributed by atoms with Crippen molar-refractivity contribution >= 4 is 13.2 Å². The van der Waals surface area contributed by atoms with Crippen LogP contribution in [0.1, 0.15) is 6.92 Å². The summed E-state index contributed by atoms with van der Waals surface area (Å²) in [6, 6.07) is 0. The maximum atomic E-state index is 10.7. The van der Waals surface area contributed by atoms with Gasteiger partial charge in [-0.2, -0.15) is 0 Å². The standard InChI is InChI=1S/C8H16O2P/c1-6-8(9)10-7(2)11(3,4)5/h6-7H,1H2,2-5H3/q+1. The van der Waals surface area contributed by atoms with Crippen LogP contribution >= 0.6 is 7.26 Å². The Labute approximate surface area is 69.0 Å². The van der Waals surface area contributed by atoms with Crippen molar-refractivity contribution in [3.63, 3.8) is 0 Å². The van der Waals surface area contributed by atoms with Crippen LogP contribution in [-0.2, 0) is 9.53 Å². The predicted octanol–water partition coefficient (Wildman–Crippen LogP) is 1.97. The molecule has 0 aliphatic carbocycles. The normalized spacial score (nSPS) is 13.8. The summed E-state index contributed by atoms with van der Waals surface area (Å²) in [5, 5.41) is 0. The van der Waals surface area contributed by atoms with Gasteiger partial charge in [-0.25, -0.2) is 4.79 Å². The summed E-state index contributed by atoms with van der Waals surface area (Å²) >= 11 is 0. The van der Waals surface area contributed by atoms with Gasteiger partial charge in [-0.15, -0.1) is 0 Å². The van der Waals surface area contributed by atoms with Crippen molar-refractivity contribution in [2.75, 3.05) is 20.0 Å². The molecule has 1 atom stereocenters. The van der Waals surface area contributed by atoms with Crippen molar-refractivity contribution < 1.29 is 9.53 Å². The summed E-state index contributed by atoms with van der Waals surface area (Å²) in [6.07, 6.45) is 1.20. The average Bonchev–Trinajstić information content (AvgIpc) is 1.85. The van der Waals surface area contributed by atoms with E-state index in [4.69, 9.17) is 4.74 Å². The number of ether oxygens (including phenoxy) is 1. The summed E-state index contributed by atoms with van der Waals surface area (Å²) in [6.45, 7) is 11.7. The van der Waals surface area contributed by atoms with Gasteiger partial charge in [-0.3, -0.25) is 0 Å². The minimum absolute atomic E-state index is 0.0352. The fourth-order valence-electron chi connectivity index (χ4n) is 0.374. The molecule has 11 heavy (non-hydrogen) atoms. The van der Waals surface area contributed by atoms with Gasteiger partial charge >= 0.3 is 5.97 Å². The van der Waals surface area contributed by atoms with Gasteiger partial charge in [0, 0.05) is 20.3 Å². The lowest BCUT2D eigenvalue weighted by atomic mass is 10.6. The van der Waals surface area contributed by atoms with E-state index in [-0.39, 0.29) is 11.8 Å². The maximum absolute atomic E-state index is 10.7. The Morgan fingerprint density at radius 3 is 2.27 bits per heavy atom. The third-order valence-electron chi connectivity index (χ3n) is 1.54. The molecule has 0 aliphatic heterocycles. The first kappa shape index (κ1) is 10.6. The lowest BCUT2D eigenvalue weighted by molar-refractivity contribution is -0.138. The van der Waals surface area contributed by atoms with Crippen LogP contribution in [-0.4, -0.2) is 31.8 Å². The molecule has 0 N–H and O–H groups in total. The second kappa shape index (κ2) is 3.87. The van der Waals surface area contributed by atoms with Crippen LogP contribution in [0.5, 0.6) is 0 Å². The molecular weight excluding hydrogens is 159 g/mol. The van der Waals surface area contributed by atoms with E-state index in [0.29, 0.717) is 0 Å². The van der Waals surface area contributed by atoms with E-state index < -0.39 is 7.26 Å². The molecule has 1 unspecified atom stereocenters. The second-order valence-electron chi connectivity index (χ2n) is 3.36. The topological polar surface area (TPSA) is 26.3 Å². The van der Waals surface area contributed by atoms with Gasteiger partial charge in [0.05, 0.1) is 20.0 Å². The van der Waals surface area contributed by atoms with E-state index in [2.05, 4.69) is 26.6 Å². The Hall–Kier alpha value is -0.360. The van der Waals surface area contributed by atoms with Crippen molar-refractivity contribution in [1.29, 1.82) is 0 Å². The van der Waals surface area contributed by atoms with E-state index >= 15 is 0 Å². The molecule has 0 fully saturated rings. The van der Waals surface area contributed by atoms with Crippen molar-refractivity contribution in [2.45, 2.75) is 12.8 Å². The molecule has 0 amide bonds. The molecule has 0 radical (unpaired) electrons. The molecule has 0 bridgehead atoms. The number of hydrogen-bond acceptors (Lipinski definition) is 2. The highest BCUT2D eigenvalue weighted by Crippen LogP contribution is 2.52. The third-order valence-corrected chi connectivity index (χ3v) is 3.83. The Kier molecular flexibility index (Phi) is 3.74. The highest BCUT2D eigenvalue weighted by Gasteiger charge is 2.29. The zero-order valence-corrected chi connectivity index (χ0v) is 8.52. The zero-order chi connectivity index (χ0) is 9.07. The third kappa shape index (κ3) is 4.15. The van der Waals surface area contributed by atoms with Crippen LogP contribution in [0, 0.1) is 0 Å². The maximum Gasteiger partial charge on any atom is 0.333 e. The SMILES string of the molecule is C=CC(=O)OC(C)[P+](C)(C)C. The molecule has 0 spiro atoms. The van der Waals surface area contributed by atoms with E-state index in [1.54, 1.807) is 0 Å². The number of hydrogen-bond donors (Lipinski definition) is 0. The van der Waals surface area contributed by atoms with Crippen LogP contribution in [0.2, 0.25) is 0 Å². The molecule has 0 aromatic heterocycles. The summed E-state index contributed by atoms with van der Waals surface area (Å²) < 4.78 is 5.06. The number of carbonyl (C=O) groups is 1. The first-order chi connectivity index (χ1) is 4.88. The highest BCUT2D eigenvalue weighted by molar-refractivity contribution is 7.74. The molecule has 0 saturated heterocycles. The number of rotatable bonds is 3. The van der Waals surface area contributed by atoms with Crippen molar-refractivity contribution in [3.8, 4) is 0 Å². The zero-order valence-electron chi connectivity index (χ0n) is 7.63. The molecule has 0 aromatic rings. The Morgan fingerprint density at radius 1 is 1.55 bits per heavy atom. The van der Waals surface area contributed by atoms with Crippen molar-refractivity contribution in [1.82, 2.24) is 0 Å². The lowest BCUT2D eigenvalue weighted by Gasteiger charge is -2.19. The molecule has 0 heterocycles. The summed E-state index contributed by atoms with van der Waals surface area (Å²) in [7, 11) is -1.06. The first-order valence-corrected chi connectivity index (χ1v) is 6.72. The summed E-state index contributed by atoms with van der Waals surface area (Å²) in [5.41, 5.74) is 0. The van der Waals surface area contributed by atoms with E-state index in [0.717, 1.165) is 0 Å². The fraction of sp³-hybridized carbons (Fsp3) is 0.625. The van der Waals surface area contributed by atoms with Crippen LogP contribution in [0.15, 0.2) is 12.7 Å². The van der Waals surface area contributed by atoms with Gasteiger partial charge in [-0.1, -0.05) is 6.58 Å².